The molecule has 0 saturated heterocycles. The number of anilines is 1. The van der Waals surface area contributed by atoms with Gasteiger partial charge < -0.3 is 0 Å². The first-order valence-electron chi connectivity index (χ1n) is 9.35. The summed E-state index contributed by atoms with van der Waals surface area (Å²) in [6.07, 6.45) is 2.43. The summed E-state index contributed by atoms with van der Waals surface area (Å²) in [5.74, 6) is -1.57. The van der Waals surface area contributed by atoms with Crippen molar-refractivity contribution >= 4 is 29.5 Å². The van der Waals surface area contributed by atoms with Gasteiger partial charge in [0.1, 0.15) is 6.04 Å². The maximum absolute atomic E-state index is 12.7. The number of nitrogens with one attached hydrogen (secondary N) is 1. The number of carbonyl (C=O) groups is 4. The molecule has 1 aliphatic heterocycles. The standard InChI is InChI=1S/C21H20N4O4/c1-11(25-18(28)12-6-4-5-7-13(12)19(25)29)17(27)24-20-22-10-14-15(23-20)8-21(2,3)9-16(14)26/h4-7,10-11H,8-9H2,1-3H3,(H,22,23,24,27)/t11-/m1/s1. The quantitative estimate of drug-likeness (QED) is 0.803. The molecule has 0 unspecified atom stereocenters. The number of amides is 3. The summed E-state index contributed by atoms with van der Waals surface area (Å²) in [6.45, 7) is 5.44. The van der Waals surface area contributed by atoms with Crippen molar-refractivity contribution in [2.75, 3.05) is 5.32 Å². The van der Waals surface area contributed by atoms with Crippen LogP contribution in [0.15, 0.2) is 30.5 Å². The Labute approximate surface area is 167 Å². The maximum Gasteiger partial charge on any atom is 0.262 e. The summed E-state index contributed by atoms with van der Waals surface area (Å²) in [6, 6.07) is 5.42. The van der Waals surface area contributed by atoms with E-state index in [-0.39, 0.29) is 28.3 Å². The van der Waals surface area contributed by atoms with Crippen molar-refractivity contribution in [3.05, 3.63) is 52.8 Å². The SMILES string of the molecule is C[C@H](C(=O)Nc1ncc2c(n1)CC(C)(C)CC2=O)N1C(=O)c2ccccc2C1=O. The van der Waals surface area contributed by atoms with E-state index in [0.717, 1.165) is 4.90 Å². The Morgan fingerprint density at radius 1 is 1.07 bits per heavy atom. The Kier molecular flexibility index (Phi) is 4.29. The van der Waals surface area contributed by atoms with Gasteiger partial charge >= 0.3 is 0 Å². The molecule has 2 aliphatic rings. The Hall–Kier alpha value is -3.42. The number of nitrogens with zero attached hydrogens (tertiary/aromatic N) is 3. The van der Waals surface area contributed by atoms with Crippen LogP contribution in [0.5, 0.6) is 0 Å². The normalized spacial score (nSPS) is 18.3. The van der Waals surface area contributed by atoms with E-state index in [0.29, 0.717) is 24.1 Å². The summed E-state index contributed by atoms with van der Waals surface area (Å²) in [7, 11) is 0. The number of fused-ring (bicyclic) bond motifs is 2. The average Bonchev–Trinajstić information content (AvgIpc) is 2.91. The molecule has 8 heteroatoms. The number of rotatable bonds is 3. The monoisotopic (exact) mass is 392 g/mol. The van der Waals surface area contributed by atoms with Gasteiger partial charge in [-0.05, 0) is 30.9 Å². The van der Waals surface area contributed by atoms with Gasteiger partial charge in [0.25, 0.3) is 11.8 Å². The van der Waals surface area contributed by atoms with Crippen LogP contribution in [-0.2, 0) is 11.2 Å². The summed E-state index contributed by atoms with van der Waals surface area (Å²) in [5, 5.41) is 2.56. The van der Waals surface area contributed by atoms with Gasteiger partial charge in [-0.3, -0.25) is 29.4 Å². The second-order valence-electron chi connectivity index (χ2n) is 8.19. The zero-order chi connectivity index (χ0) is 20.9. The third kappa shape index (κ3) is 3.20. The highest BCUT2D eigenvalue weighted by atomic mass is 16.2. The van der Waals surface area contributed by atoms with E-state index >= 15 is 0 Å². The molecule has 4 rings (SSSR count). The molecule has 1 aliphatic carbocycles. The van der Waals surface area contributed by atoms with E-state index < -0.39 is 23.8 Å². The van der Waals surface area contributed by atoms with Crippen LogP contribution in [0, 0.1) is 5.41 Å². The predicted molar refractivity (Wildman–Crippen MR) is 103 cm³/mol. The topological polar surface area (TPSA) is 109 Å². The molecule has 1 N–H and O–H groups in total. The molecule has 0 fully saturated rings. The number of Topliss-reactive ketones (excluding diaryl/α,β-unsaturated/α-hetero) is 1. The molecule has 8 nitrogen and oxygen atoms in total. The summed E-state index contributed by atoms with van der Waals surface area (Å²) in [5.41, 5.74) is 1.40. The van der Waals surface area contributed by atoms with Crippen molar-refractivity contribution in [3.63, 3.8) is 0 Å². The molecule has 1 aromatic carbocycles. The second-order valence-corrected chi connectivity index (χ2v) is 8.19. The van der Waals surface area contributed by atoms with Crippen LogP contribution < -0.4 is 5.32 Å². The van der Waals surface area contributed by atoms with Crippen LogP contribution >= 0.6 is 0 Å². The fourth-order valence-electron chi connectivity index (χ4n) is 3.78. The third-order valence-electron chi connectivity index (χ3n) is 5.28. The van der Waals surface area contributed by atoms with E-state index in [9.17, 15) is 19.2 Å². The summed E-state index contributed by atoms with van der Waals surface area (Å²) >= 11 is 0. The highest BCUT2D eigenvalue weighted by Gasteiger charge is 2.41. The van der Waals surface area contributed by atoms with Crippen LogP contribution in [0.3, 0.4) is 0 Å². The van der Waals surface area contributed by atoms with Crippen molar-refractivity contribution in [1.82, 2.24) is 14.9 Å². The Morgan fingerprint density at radius 3 is 2.31 bits per heavy atom. The molecule has 0 radical (unpaired) electrons. The van der Waals surface area contributed by atoms with Crippen LogP contribution in [-0.4, -0.2) is 44.4 Å². The van der Waals surface area contributed by atoms with E-state index in [2.05, 4.69) is 15.3 Å². The second kappa shape index (κ2) is 6.58. The molecule has 29 heavy (non-hydrogen) atoms. The molecular weight excluding hydrogens is 372 g/mol. The van der Waals surface area contributed by atoms with E-state index in [4.69, 9.17) is 0 Å². The first-order chi connectivity index (χ1) is 13.7. The van der Waals surface area contributed by atoms with Gasteiger partial charge in [-0.15, -0.1) is 0 Å². The van der Waals surface area contributed by atoms with Gasteiger partial charge in [0, 0.05) is 12.6 Å². The minimum Gasteiger partial charge on any atom is -0.294 e. The van der Waals surface area contributed by atoms with Gasteiger partial charge in [-0.1, -0.05) is 26.0 Å². The molecule has 0 saturated carbocycles. The van der Waals surface area contributed by atoms with Crippen molar-refractivity contribution in [2.24, 2.45) is 5.41 Å². The Bertz CT molecular complexity index is 1040. The average molecular weight is 392 g/mol. The molecule has 3 amide bonds. The maximum atomic E-state index is 12.7. The van der Waals surface area contributed by atoms with Gasteiger partial charge in [-0.25, -0.2) is 9.97 Å². The van der Waals surface area contributed by atoms with Crippen molar-refractivity contribution in [1.29, 1.82) is 0 Å². The zero-order valence-electron chi connectivity index (χ0n) is 16.4. The number of aromatic nitrogens is 2. The molecule has 1 atom stereocenters. The van der Waals surface area contributed by atoms with Gasteiger partial charge in [-0.2, -0.15) is 0 Å². The van der Waals surface area contributed by atoms with E-state index in [1.807, 2.05) is 13.8 Å². The first-order valence-corrected chi connectivity index (χ1v) is 9.35. The zero-order valence-corrected chi connectivity index (χ0v) is 16.4. The van der Waals surface area contributed by atoms with Gasteiger partial charge in [0.2, 0.25) is 11.9 Å². The number of ketones is 1. The van der Waals surface area contributed by atoms with Crippen LogP contribution in [0.2, 0.25) is 0 Å². The minimum absolute atomic E-state index is 0.0199. The van der Waals surface area contributed by atoms with Crippen LogP contribution in [0.25, 0.3) is 0 Å². The Morgan fingerprint density at radius 2 is 1.69 bits per heavy atom. The van der Waals surface area contributed by atoms with Crippen molar-refractivity contribution in [2.45, 2.75) is 39.7 Å². The molecule has 148 valence electrons. The lowest BCUT2D eigenvalue weighted by atomic mass is 9.76. The molecule has 2 heterocycles. The highest BCUT2D eigenvalue weighted by Crippen LogP contribution is 2.33. The number of hydrogen-bond acceptors (Lipinski definition) is 6. The number of carbonyl (C=O) groups excluding carboxylic acids is 4. The summed E-state index contributed by atoms with van der Waals surface area (Å²) in [4.78, 5) is 59.4. The van der Waals surface area contributed by atoms with Crippen molar-refractivity contribution in [3.8, 4) is 0 Å². The molecule has 2 aromatic rings. The largest absolute Gasteiger partial charge is 0.294 e. The third-order valence-corrected chi connectivity index (χ3v) is 5.28. The highest BCUT2D eigenvalue weighted by molar-refractivity contribution is 6.23. The van der Waals surface area contributed by atoms with E-state index in [1.165, 1.54) is 13.1 Å². The van der Waals surface area contributed by atoms with E-state index in [1.54, 1.807) is 24.3 Å². The Balaban J connectivity index is 1.54. The van der Waals surface area contributed by atoms with Gasteiger partial charge in [0.05, 0.1) is 22.4 Å². The predicted octanol–water partition coefficient (Wildman–Crippen LogP) is 2.25. The lowest BCUT2D eigenvalue weighted by molar-refractivity contribution is -0.119. The minimum atomic E-state index is -1.04. The molecular formula is C21H20N4O4. The number of imide groups is 1. The summed E-state index contributed by atoms with van der Waals surface area (Å²) < 4.78 is 0. The van der Waals surface area contributed by atoms with Crippen molar-refractivity contribution < 1.29 is 19.2 Å². The first kappa shape index (κ1) is 18.9. The fraction of sp³-hybridized carbons (Fsp3) is 0.333. The fourth-order valence-corrected chi connectivity index (χ4v) is 3.78. The molecule has 1 aromatic heterocycles. The molecule has 0 spiro atoms. The molecule has 0 bridgehead atoms. The number of hydrogen-bond donors (Lipinski definition) is 1. The smallest absolute Gasteiger partial charge is 0.262 e. The number of benzene rings is 1. The van der Waals surface area contributed by atoms with Crippen LogP contribution in [0.4, 0.5) is 5.95 Å². The lowest BCUT2D eigenvalue weighted by Crippen LogP contribution is -2.45. The van der Waals surface area contributed by atoms with Gasteiger partial charge in [0.15, 0.2) is 5.78 Å². The van der Waals surface area contributed by atoms with Crippen LogP contribution in [0.1, 0.15) is 64.0 Å². The lowest BCUT2D eigenvalue weighted by Gasteiger charge is -2.29.